The van der Waals surface area contributed by atoms with Gasteiger partial charge in [0.05, 0.1) is 0 Å². The number of amides is 1. The Kier molecular flexibility index (Phi) is 3.50. The van der Waals surface area contributed by atoms with Crippen molar-refractivity contribution in [3.8, 4) is 0 Å². The molecule has 2 heterocycles. The maximum atomic E-state index is 12.2. The van der Waals surface area contributed by atoms with Crippen LogP contribution in [0.2, 0.25) is 0 Å². The predicted molar refractivity (Wildman–Crippen MR) is 75.5 cm³/mol. The van der Waals surface area contributed by atoms with Crippen molar-refractivity contribution in [2.75, 3.05) is 13.1 Å². The lowest BCUT2D eigenvalue weighted by Crippen LogP contribution is -2.41. The molecular weight excluding hydrogens is 254 g/mol. The smallest absolute Gasteiger partial charge is 0.291 e. The van der Waals surface area contributed by atoms with Crippen LogP contribution in [-0.2, 0) is 0 Å². The maximum absolute atomic E-state index is 12.2. The summed E-state index contributed by atoms with van der Waals surface area (Å²) in [6.07, 6.45) is 2.30. The van der Waals surface area contributed by atoms with Gasteiger partial charge in [-0.25, -0.2) is 4.98 Å². The van der Waals surface area contributed by atoms with Gasteiger partial charge >= 0.3 is 0 Å². The van der Waals surface area contributed by atoms with E-state index in [1.54, 1.807) is 0 Å². The zero-order valence-corrected chi connectivity index (χ0v) is 12.4. The summed E-state index contributed by atoms with van der Waals surface area (Å²) < 4.78 is 0. The number of likely N-dealkylation sites (tertiary alicyclic amines) is 1. The highest BCUT2D eigenvalue weighted by molar-refractivity contribution is 5.90. The third kappa shape index (κ3) is 2.70. The molecule has 1 aliphatic carbocycles. The first kappa shape index (κ1) is 13.5. The zero-order chi connectivity index (χ0) is 14.3. The van der Waals surface area contributed by atoms with E-state index >= 15 is 0 Å². The highest BCUT2D eigenvalue weighted by Gasteiger charge is 2.33. The van der Waals surface area contributed by atoms with E-state index in [1.807, 2.05) is 0 Å². The molecule has 0 radical (unpaired) electrons. The second-order valence-electron chi connectivity index (χ2n) is 6.42. The standard InChI is InChI=1S/C14H23N5O/c1-8(2)19-6-9(3)11(7-19)15-14(20)13-16-12(17-18-13)10-4-5-10/h8-11H,4-7H2,1-3H3,(H,15,20)(H,16,17,18)/t9-,11+/m1/s1. The van der Waals surface area contributed by atoms with Crippen molar-refractivity contribution in [3.63, 3.8) is 0 Å². The van der Waals surface area contributed by atoms with Crippen molar-refractivity contribution in [2.24, 2.45) is 5.92 Å². The monoisotopic (exact) mass is 277 g/mol. The summed E-state index contributed by atoms with van der Waals surface area (Å²) in [6.45, 7) is 8.50. The highest BCUT2D eigenvalue weighted by atomic mass is 16.2. The fraction of sp³-hybridized carbons (Fsp3) is 0.786. The molecule has 110 valence electrons. The van der Waals surface area contributed by atoms with E-state index < -0.39 is 0 Å². The number of rotatable bonds is 4. The Morgan fingerprint density at radius 3 is 2.75 bits per heavy atom. The van der Waals surface area contributed by atoms with Gasteiger partial charge in [-0.15, -0.1) is 5.10 Å². The Bertz CT molecular complexity index is 494. The first-order valence-corrected chi connectivity index (χ1v) is 7.51. The van der Waals surface area contributed by atoms with Crippen LogP contribution < -0.4 is 5.32 Å². The molecule has 1 aromatic rings. The summed E-state index contributed by atoms with van der Waals surface area (Å²) in [6, 6.07) is 0.706. The van der Waals surface area contributed by atoms with Gasteiger partial charge in [-0.1, -0.05) is 6.92 Å². The summed E-state index contributed by atoms with van der Waals surface area (Å²) >= 11 is 0. The van der Waals surface area contributed by atoms with E-state index in [0.717, 1.165) is 31.8 Å². The van der Waals surface area contributed by atoms with Crippen LogP contribution in [0.4, 0.5) is 0 Å². The van der Waals surface area contributed by atoms with Gasteiger partial charge in [0, 0.05) is 31.1 Å². The molecule has 3 rings (SSSR count). The van der Waals surface area contributed by atoms with Gasteiger partial charge in [0.15, 0.2) is 0 Å². The quantitative estimate of drug-likeness (QED) is 0.865. The number of hydrogen-bond acceptors (Lipinski definition) is 4. The Labute approximate surface area is 119 Å². The van der Waals surface area contributed by atoms with Crippen molar-refractivity contribution >= 4 is 5.91 Å². The van der Waals surface area contributed by atoms with Crippen LogP contribution in [0, 0.1) is 5.92 Å². The molecule has 2 fully saturated rings. The molecule has 2 aliphatic rings. The van der Waals surface area contributed by atoms with Crippen LogP contribution in [-0.4, -0.2) is 51.2 Å². The Balaban J connectivity index is 1.60. The van der Waals surface area contributed by atoms with Crippen LogP contribution in [0.25, 0.3) is 0 Å². The molecule has 1 amide bonds. The number of aromatic nitrogens is 3. The van der Waals surface area contributed by atoms with Crippen LogP contribution in [0.1, 0.15) is 56.0 Å². The molecule has 20 heavy (non-hydrogen) atoms. The fourth-order valence-electron chi connectivity index (χ4n) is 2.76. The van der Waals surface area contributed by atoms with E-state index in [2.05, 4.69) is 46.2 Å². The number of nitrogens with zero attached hydrogens (tertiary/aromatic N) is 3. The van der Waals surface area contributed by atoms with E-state index in [9.17, 15) is 4.79 Å². The fourth-order valence-corrected chi connectivity index (χ4v) is 2.76. The molecule has 1 saturated carbocycles. The van der Waals surface area contributed by atoms with Crippen molar-refractivity contribution in [1.82, 2.24) is 25.4 Å². The van der Waals surface area contributed by atoms with E-state index in [-0.39, 0.29) is 17.8 Å². The van der Waals surface area contributed by atoms with E-state index in [4.69, 9.17) is 0 Å². The number of H-pyrrole nitrogens is 1. The summed E-state index contributed by atoms with van der Waals surface area (Å²) in [5, 5.41) is 9.99. The van der Waals surface area contributed by atoms with Crippen molar-refractivity contribution in [1.29, 1.82) is 0 Å². The predicted octanol–water partition coefficient (Wildman–Crippen LogP) is 1.14. The molecule has 2 N–H and O–H groups in total. The van der Waals surface area contributed by atoms with Crippen LogP contribution in [0.5, 0.6) is 0 Å². The third-order valence-electron chi connectivity index (χ3n) is 4.36. The molecular formula is C14H23N5O. The molecule has 2 atom stereocenters. The average Bonchev–Trinajstić information content (AvgIpc) is 3.01. The van der Waals surface area contributed by atoms with Crippen LogP contribution in [0.15, 0.2) is 0 Å². The summed E-state index contributed by atoms with van der Waals surface area (Å²) in [4.78, 5) is 18.9. The van der Waals surface area contributed by atoms with E-state index in [1.165, 1.54) is 0 Å². The molecule has 6 heteroatoms. The lowest BCUT2D eigenvalue weighted by Gasteiger charge is -2.20. The Hall–Kier alpha value is -1.43. The first-order valence-electron chi connectivity index (χ1n) is 7.51. The number of hydrogen-bond donors (Lipinski definition) is 2. The summed E-state index contributed by atoms with van der Waals surface area (Å²) in [7, 11) is 0. The van der Waals surface area contributed by atoms with Gasteiger partial charge in [-0.05, 0) is 32.6 Å². The normalized spacial score (nSPS) is 27.2. The lowest BCUT2D eigenvalue weighted by atomic mass is 10.1. The van der Waals surface area contributed by atoms with Gasteiger partial charge in [-0.3, -0.25) is 14.8 Å². The van der Waals surface area contributed by atoms with Crippen LogP contribution in [0.3, 0.4) is 0 Å². The van der Waals surface area contributed by atoms with Gasteiger partial charge in [0.25, 0.3) is 5.91 Å². The van der Waals surface area contributed by atoms with Crippen molar-refractivity contribution < 1.29 is 4.79 Å². The second kappa shape index (κ2) is 5.16. The third-order valence-corrected chi connectivity index (χ3v) is 4.36. The number of nitrogens with one attached hydrogen (secondary N) is 2. The minimum absolute atomic E-state index is 0.157. The highest BCUT2D eigenvalue weighted by Crippen LogP contribution is 2.37. The molecule has 6 nitrogen and oxygen atoms in total. The molecule has 1 aliphatic heterocycles. The lowest BCUT2D eigenvalue weighted by molar-refractivity contribution is 0.0920. The molecule has 0 bridgehead atoms. The topological polar surface area (TPSA) is 73.9 Å². The Morgan fingerprint density at radius 1 is 1.40 bits per heavy atom. The van der Waals surface area contributed by atoms with Gasteiger partial charge in [0.1, 0.15) is 5.82 Å². The van der Waals surface area contributed by atoms with E-state index in [0.29, 0.717) is 17.9 Å². The number of aromatic amines is 1. The van der Waals surface area contributed by atoms with Gasteiger partial charge in [-0.2, -0.15) is 0 Å². The minimum atomic E-state index is -0.157. The van der Waals surface area contributed by atoms with Crippen LogP contribution >= 0.6 is 0 Å². The zero-order valence-electron chi connectivity index (χ0n) is 12.4. The SMILES string of the molecule is CC(C)N1C[C@@H](C)[C@@H](NC(=O)c2n[nH]c(C3CC3)n2)C1. The number of carbonyl (C=O) groups excluding carboxylic acids is 1. The average molecular weight is 277 g/mol. The second-order valence-corrected chi connectivity index (χ2v) is 6.42. The van der Waals surface area contributed by atoms with Crippen molar-refractivity contribution in [2.45, 2.75) is 51.6 Å². The molecule has 0 aromatic carbocycles. The van der Waals surface area contributed by atoms with Gasteiger partial charge in [0.2, 0.25) is 5.82 Å². The number of carbonyl (C=O) groups is 1. The molecule has 0 unspecified atom stereocenters. The molecule has 1 aromatic heterocycles. The summed E-state index contributed by atoms with van der Waals surface area (Å²) in [5.74, 6) is 1.94. The molecule has 1 saturated heterocycles. The first-order chi connectivity index (χ1) is 9.54. The van der Waals surface area contributed by atoms with Crippen molar-refractivity contribution in [3.05, 3.63) is 11.6 Å². The minimum Gasteiger partial charge on any atom is -0.345 e. The Morgan fingerprint density at radius 2 is 2.15 bits per heavy atom. The summed E-state index contributed by atoms with van der Waals surface area (Å²) in [5.41, 5.74) is 0. The largest absolute Gasteiger partial charge is 0.345 e. The van der Waals surface area contributed by atoms with Gasteiger partial charge < -0.3 is 5.32 Å². The molecule has 0 spiro atoms. The maximum Gasteiger partial charge on any atom is 0.291 e.